The number of rotatable bonds is 8. The zero-order valence-electron chi connectivity index (χ0n) is 9.22. The number of thiophene rings is 1. The molecule has 4 nitrogen and oxygen atoms in total. The van der Waals surface area contributed by atoms with E-state index in [0.29, 0.717) is 26.2 Å². The Morgan fingerprint density at radius 1 is 1.62 bits per heavy atom. The van der Waals surface area contributed by atoms with E-state index >= 15 is 0 Å². The van der Waals surface area contributed by atoms with Gasteiger partial charge in [0.15, 0.2) is 6.10 Å². The van der Waals surface area contributed by atoms with Gasteiger partial charge in [0.2, 0.25) is 0 Å². The van der Waals surface area contributed by atoms with Crippen molar-refractivity contribution in [3.8, 4) is 0 Å². The van der Waals surface area contributed by atoms with E-state index in [1.807, 2.05) is 17.5 Å². The van der Waals surface area contributed by atoms with Crippen molar-refractivity contribution in [2.75, 3.05) is 13.2 Å². The summed E-state index contributed by atoms with van der Waals surface area (Å²) in [6.07, 6.45) is -0.373. The molecule has 1 atom stereocenters. The van der Waals surface area contributed by atoms with Gasteiger partial charge >= 0.3 is 5.97 Å². The van der Waals surface area contributed by atoms with Crippen LogP contribution in [0.15, 0.2) is 17.5 Å². The van der Waals surface area contributed by atoms with E-state index in [0.717, 1.165) is 4.88 Å². The average molecular weight is 244 g/mol. The fourth-order valence-corrected chi connectivity index (χ4v) is 1.88. The SMILES string of the molecule is CCOC(CCOCc1cccs1)C(=O)O. The van der Waals surface area contributed by atoms with Gasteiger partial charge in [-0.2, -0.15) is 0 Å². The summed E-state index contributed by atoms with van der Waals surface area (Å²) in [6.45, 7) is 3.12. The minimum absolute atomic E-state index is 0.383. The first kappa shape index (κ1) is 13.2. The number of carboxylic acid groups (broad SMARTS) is 1. The lowest BCUT2D eigenvalue weighted by Gasteiger charge is -2.11. The van der Waals surface area contributed by atoms with Crippen LogP contribution in [0.4, 0.5) is 0 Å². The molecule has 5 heteroatoms. The molecule has 0 aliphatic rings. The molecule has 0 aromatic carbocycles. The molecule has 0 aliphatic carbocycles. The highest BCUT2D eigenvalue weighted by molar-refractivity contribution is 7.09. The molecule has 0 amide bonds. The Morgan fingerprint density at radius 2 is 2.44 bits per heavy atom. The van der Waals surface area contributed by atoms with Gasteiger partial charge in [-0.3, -0.25) is 0 Å². The lowest BCUT2D eigenvalue weighted by molar-refractivity contribution is -0.151. The van der Waals surface area contributed by atoms with Crippen LogP contribution in [0.5, 0.6) is 0 Å². The van der Waals surface area contributed by atoms with Crippen LogP contribution >= 0.6 is 11.3 Å². The molecule has 0 aliphatic heterocycles. The molecule has 1 rings (SSSR count). The molecule has 0 fully saturated rings. The van der Waals surface area contributed by atoms with E-state index < -0.39 is 12.1 Å². The van der Waals surface area contributed by atoms with Crippen LogP contribution in [0.1, 0.15) is 18.2 Å². The second-order valence-corrected chi connectivity index (χ2v) is 4.24. The van der Waals surface area contributed by atoms with Crippen molar-refractivity contribution in [1.29, 1.82) is 0 Å². The number of carbonyl (C=O) groups is 1. The summed E-state index contributed by atoms with van der Waals surface area (Å²) in [4.78, 5) is 11.9. The van der Waals surface area contributed by atoms with E-state index in [4.69, 9.17) is 14.6 Å². The average Bonchev–Trinajstić information content (AvgIpc) is 2.75. The highest BCUT2D eigenvalue weighted by atomic mass is 32.1. The number of ether oxygens (including phenoxy) is 2. The summed E-state index contributed by atoms with van der Waals surface area (Å²) in [6, 6.07) is 3.95. The summed E-state index contributed by atoms with van der Waals surface area (Å²) in [5.74, 6) is -0.929. The molecule has 0 saturated heterocycles. The molecule has 1 unspecified atom stereocenters. The van der Waals surface area contributed by atoms with Gasteiger partial charge in [-0.1, -0.05) is 6.07 Å². The molecular formula is C11H16O4S. The third-order valence-corrected chi connectivity index (χ3v) is 2.84. The Morgan fingerprint density at radius 3 is 3.00 bits per heavy atom. The fraction of sp³-hybridized carbons (Fsp3) is 0.545. The van der Waals surface area contributed by atoms with Crippen molar-refractivity contribution in [1.82, 2.24) is 0 Å². The maximum atomic E-state index is 10.7. The van der Waals surface area contributed by atoms with Crippen LogP contribution in [0.25, 0.3) is 0 Å². The minimum Gasteiger partial charge on any atom is -0.479 e. The van der Waals surface area contributed by atoms with E-state index in [1.165, 1.54) is 0 Å². The Hall–Kier alpha value is -0.910. The highest BCUT2D eigenvalue weighted by Gasteiger charge is 2.16. The molecule has 90 valence electrons. The predicted octanol–water partition coefficient (Wildman–Crippen LogP) is 2.14. The van der Waals surface area contributed by atoms with E-state index in [1.54, 1.807) is 18.3 Å². The summed E-state index contributed by atoms with van der Waals surface area (Å²) in [7, 11) is 0. The van der Waals surface area contributed by atoms with Crippen LogP contribution < -0.4 is 0 Å². The maximum Gasteiger partial charge on any atom is 0.332 e. The number of carboxylic acids is 1. The predicted molar refractivity (Wildman–Crippen MR) is 61.6 cm³/mol. The van der Waals surface area contributed by atoms with E-state index in [9.17, 15) is 4.79 Å². The van der Waals surface area contributed by atoms with Gasteiger partial charge in [-0.05, 0) is 18.4 Å². The topological polar surface area (TPSA) is 55.8 Å². The molecule has 0 spiro atoms. The lowest BCUT2D eigenvalue weighted by Crippen LogP contribution is -2.25. The van der Waals surface area contributed by atoms with E-state index in [-0.39, 0.29) is 0 Å². The van der Waals surface area contributed by atoms with Crippen molar-refractivity contribution in [3.63, 3.8) is 0 Å². The molecule has 0 saturated carbocycles. The Labute approximate surface area is 98.8 Å². The van der Waals surface area contributed by atoms with E-state index in [2.05, 4.69) is 0 Å². The monoisotopic (exact) mass is 244 g/mol. The zero-order valence-corrected chi connectivity index (χ0v) is 10.0. The first-order valence-electron chi connectivity index (χ1n) is 5.18. The van der Waals surface area contributed by atoms with Crippen LogP contribution in [-0.2, 0) is 20.9 Å². The zero-order chi connectivity index (χ0) is 11.8. The normalized spacial score (nSPS) is 12.6. The van der Waals surface area contributed by atoms with Gasteiger partial charge in [0, 0.05) is 17.9 Å². The van der Waals surface area contributed by atoms with Crippen LogP contribution in [-0.4, -0.2) is 30.4 Å². The van der Waals surface area contributed by atoms with Crippen molar-refractivity contribution >= 4 is 17.3 Å². The smallest absolute Gasteiger partial charge is 0.332 e. The Bertz CT molecular complexity index is 297. The van der Waals surface area contributed by atoms with Gasteiger partial charge in [-0.15, -0.1) is 11.3 Å². The van der Waals surface area contributed by atoms with Crippen LogP contribution in [0.2, 0.25) is 0 Å². The van der Waals surface area contributed by atoms with Gasteiger partial charge in [0.05, 0.1) is 13.2 Å². The Kier molecular flexibility index (Phi) is 6.07. The minimum atomic E-state index is -0.929. The number of hydrogen-bond donors (Lipinski definition) is 1. The lowest BCUT2D eigenvalue weighted by atomic mass is 10.2. The molecule has 1 heterocycles. The van der Waals surface area contributed by atoms with Crippen LogP contribution in [0, 0.1) is 0 Å². The van der Waals surface area contributed by atoms with Crippen molar-refractivity contribution in [2.24, 2.45) is 0 Å². The highest BCUT2D eigenvalue weighted by Crippen LogP contribution is 2.10. The maximum absolute atomic E-state index is 10.7. The molecule has 1 N–H and O–H groups in total. The standard InChI is InChI=1S/C11H16O4S/c1-2-15-10(11(12)13)5-6-14-8-9-4-3-7-16-9/h3-4,7,10H,2,5-6,8H2,1H3,(H,12,13). The van der Waals surface area contributed by atoms with Crippen molar-refractivity contribution in [3.05, 3.63) is 22.4 Å². The molecule has 0 radical (unpaired) electrons. The summed E-state index contributed by atoms with van der Waals surface area (Å²) in [5.41, 5.74) is 0. The van der Waals surface area contributed by atoms with Gasteiger partial charge in [0.1, 0.15) is 0 Å². The third kappa shape index (κ3) is 4.74. The second kappa shape index (κ2) is 7.38. The number of aliphatic carboxylic acids is 1. The molecular weight excluding hydrogens is 228 g/mol. The largest absolute Gasteiger partial charge is 0.479 e. The molecule has 1 aromatic rings. The fourth-order valence-electron chi connectivity index (χ4n) is 1.24. The van der Waals surface area contributed by atoms with Crippen molar-refractivity contribution < 1.29 is 19.4 Å². The van der Waals surface area contributed by atoms with Gasteiger partial charge in [0.25, 0.3) is 0 Å². The first-order chi connectivity index (χ1) is 7.74. The Balaban J connectivity index is 2.15. The van der Waals surface area contributed by atoms with Gasteiger partial charge < -0.3 is 14.6 Å². The third-order valence-electron chi connectivity index (χ3n) is 1.99. The first-order valence-corrected chi connectivity index (χ1v) is 6.06. The molecule has 16 heavy (non-hydrogen) atoms. The molecule has 0 bridgehead atoms. The van der Waals surface area contributed by atoms with Crippen LogP contribution in [0.3, 0.4) is 0 Å². The van der Waals surface area contributed by atoms with Gasteiger partial charge in [-0.25, -0.2) is 4.79 Å². The molecule has 1 aromatic heterocycles. The second-order valence-electron chi connectivity index (χ2n) is 3.20. The number of hydrogen-bond acceptors (Lipinski definition) is 4. The van der Waals surface area contributed by atoms with Crippen molar-refractivity contribution in [2.45, 2.75) is 26.1 Å². The summed E-state index contributed by atoms with van der Waals surface area (Å²) < 4.78 is 10.4. The quantitative estimate of drug-likeness (QED) is 0.712. The summed E-state index contributed by atoms with van der Waals surface area (Å²) >= 11 is 1.63. The summed E-state index contributed by atoms with van der Waals surface area (Å²) in [5, 5.41) is 10.8.